The van der Waals surface area contributed by atoms with Crippen molar-refractivity contribution in [2.24, 2.45) is 0 Å². The Balaban J connectivity index is 2.59. The average Bonchev–Trinajstić information content (AvgIpc) is 2.12. The predicted octanol–water partition coefficient (Wildman–Crippen LogP) is 2.83. The van der Waals surface area contributed by atoms with Crippen LogP contribution >= 0.6 is 27.5 Å². The van der Waals surface area contributed by atoms with Crippen molar-refractivity contribution in [1.82, 2.24) is 5.32 Å². The second kappa shape index (κ2) is 5.29. The van der Waals surface area contributed by atoms with Crippen molar-refractivity contribution in [2.45, 2.75) is 6.54 Å². The number of halogens is 2. The van der Waals surface area contributed by atoms with Gasteiger partial charge in [-0.3, -0.25) is 0 Å². The molecule has 0 amide bonds. The second-order valence-corrected chi connectivity index (χ2v) is 3.82. The zero-order valence-corrected chi connectivity index (χ0v) is 9.32. The molecule has 0 aromatic heterocycles. The number of benzene rings is 1. The lowest BCUT2D eigenvalue weighted by molar-refractivity contribution is 0.770. The summed E-state index contributed by atoms with van der Waals surface area (Å²) >= 11 is 9.24. The van der Waals surface area contributed by atoms with E-state index in [9.17, 15) is 0 Å². The fraction of sp³-hybridized carbons (Fsp3) is 0.200. The molecule has 0 spiro atoms. The van der Waals surface area contributed by atoms with Crippen LogP contribution in [0.15, 0.2) is 22.7 Å². The van der Waals surface area contributed by atoms with Gasteiger partial charge in [-0.15, -0.1) is 6.42 Å². The summed E-state index contributed by atoms with van der Waals surface area (Å²) in [4.78, 5) is 0. The third-order valence-corrected chi connectivity index (χ3v) is 2.77. The minimum atomic E-state index is 0.577. The number of rotatable bonds is 3. The first-order chi connectivity index (χ1) is 6.24. The highest BCUT2D eigenvalue weighted by molar-refractivity contribution is 9.10. The molecular formula is C10H9BrClN. The molecule has 0 atom stereocenters. The molecule has 0 heterocycles. The van der Waals surface area contributed by atoms with E-state index in [1.165, 1.54) is 0 Å². The third-order valence-electron chi connectivity index (χ3n) is 1.54. The topological polar surface area (TPSA) is 12.0 Å². The van der Waals surface area contributed by atoms with Gasteiger partial charge < -0.3 is 5.32 Å². The fourth-order valence-corrected chi connectivity index (χ4v) is 1.38. The average molecular weight is 259 g/mol. The van der Waals surface area contributed by atoms with E-state index in [1.807, 2.05) is 18.2 Å². The van der Waals surface area contributed by atoms with Crippen molar-refractivity contribution in [3.63, 3.8) is 0 Å². The zero-order valence-electron chi connectivity index (χ0n) is 6.98. The first kappa shape index (κ1) is 10.6. The number of nitrogens with one attached hydrogen (secondary N) is 1. The van der Waals surface area contributed by atoms with Crippen LogP contribution < -0.4 is 5.32 Å². The highest BCUT2D eigenvalue weighted by Gasteiger charge is 1.97. The molecule has 0 aliphatic carbocycles. The van der Waals surface area contributed by atoms with Crippen LogP contribution in [0.2, 0.25) is 5.02 Å². The van der Waals surface area contributed by atoms with Crippen LogP contribution in [0.25, 0.3) is 0 Å². The normalized spacial score (nSPS) is 9.62. The van der Waals surface area contributed by atoms with E-state index in [1.54, 1.807) is 0 Å². The largest absolute Gasteiger partial charge is 0.302 e. The molecule has 0 saturated heterocycles. The van der Waals surface area contributed by atoms with E-state index in [-0.39, 0.29) is 0 Å². The van der Waals surface area contributed by atoms with Gasteiger partial charge in [0, 0.05) is 11.0 Å². The molecule has 13 heavy (non-hydrogen) atoms. The lowest BCUT2D eigenvalue weighted by atomic mass is 10.2. The fourth-order valence-electron chi connectivity index (χ4n) is 0.929. The Bertz CT molecular complexity index is 330. The lowest BCUT2D eigenvalue weighted by Gasteiger charge is -2.02. The smallest absolute Gasteiger partial charge is 0.0576 e. The van der Waals surface area contributed by atoms with Crippen molar-refractivity contribution >= 4 is 27.5 Å². The van der Waals surface area contributed by atoms with Crippen molar-refractivity contribution in [3.05, 3.63) is 33.3 Å². The zero-order chi connectivity index (χ0) is 9.68. The minimum absolute atomic E-state index is 0.577. The van der Waals surface area contributed by atoms with E-state index in [4.69, 9.17) is 18.0 Å². The van der Waals surface area contributed by atoms with Crippen LogP contribution in [-0.2, 0) is 6.54 Å². The van der Waals surface area contributed by atoms with Gasteiger partial charge in [0.25, 0.3) is 0 Å². The summed E-state index contributed by atoms with van der Waals surface area (Å²) in [6, 6.07) is 5.84. The number of hydrogen-bond acceptors (Lipinski definition) is 1. The van der Waals surface area contributed by atoms with Crippen LogP contribution in [0.3, 0.4) is 0 Å². The minimum Gasteiger partial charge on any atom is -0.302 e. The van der Waals surface area contributed by atoms with E-state index in [2.05, 4.69) is 27.2 Å². The summed E-state index contributed by atoms with van der Waals surface area (Å²) in [7, 11) is 0. The number of hydrogen-bond donors (Lipinski definition) is 1. The Morgan fingerprint density at radius 1 is 1.54 bits per heavy atom. The molecule has 0 bridgehead atoms. The first-order valence-corrected chi connectivity index (χ1v) is 4.99. The van der Waals surface area contributed by atoms with Gasteiger partial charge in [-0.1, -0.05) is 23.6 Å². The van der Waals surface area contributed by atoms with E-state index >= 15 is 0 Å². The quantitative estimate of drug-likeness (QED) is 0.649. The summed E-state index contributed by atoms with van der Waals surface area (Å²) in [5.41, 5.74) is 1.13. The van der Waals surface area contributed by atoms with Crippen LogP contribution in [0.1, 0.15) is 5.56 Å². The third kappa shape index (κ3) is 3.40. The number of terminal acetylenes is 1. The molecule has 0 fully saturated rings. The Labute approximate surface area is 91.6 Å². The summed E-state index contributed by atoms with van der Waals surface area (Å²) < 4.78 is 0.912. The molecule has 0 aliphatic heterocycles. The lowest BCUT2D eigenvalue weighted by Crippen LogP contribution is -2.12. The van der Waals surface area contributed by atoms with E-state index in [0.29, 0.717) is 6.54 Å². The van der Waals surface area contributed by atoms with Crippen LogP contribution in [-0.4, -0.2) is 6.54 Å². The maximum Gasteiger partial charge on any atom is 0.0576 e. The predicted molar refractivity (Wildman–Crippen MR) is 59.7 cm³/mol. The summed E-state index contributed by atoms with van der Waals surface area (Å²) in [6.45, 7) is 1.32. The monoisotopic (exact) mass is 257 g/mol. The van der Waals surface area contributed by atoms with E-state index in [0.717, 1.165) is 21.6 Å². The molecule has 3 heteroatoms. The van der Waals surface area contributed by atoms with Crippen LogP contribution in [0.5, 0.6) is 0 Å². The van der Waals surface area contributed by atoms with Crippen molar-refractivity contribution in [2.75, 3.05) is 6.54 Å². The molecule has 0 saturated carbocycles. The van der Waals surface area contributed by atoms with Crippen molar-refractivity contribution < 1.29 is 0 Å². The van der Waals surface area contributed by atoms with Crippen LogP contribution in [0, 0.1) is 12.3 Å². The van der Waals surface area contributed by atoms with Gasteiger partial charge >= 0.3 is 0 Å². The van der Waals surface area contributed by atoms with Gasteiger partial charge in [0.15, 0.2) is 0 Å². The van der Waals surface area contributed by atoms with Crippen molar-refractivity contribution in [1.29, 1.82) is 0 Å². The molecular weight excluding hydrogens is 249 g/mol. The molecule has 68 valence electrons. The second-order valence-electron chi connectivity index (χ2n) is 2.56. The Kier molecular flexibility index (Phi) is 4.31. The summed E-state index contributed by atoms with van der Waals surface area (Å²) in [6.07, 6.45) is 5.10. The molecule has 0 aliphatic rings. The molecule has 0 unspecified atom stereocenters. The molecule has 0 radical (unpaired) electrons. The van der Waals surface area contributed by atoms with E-state index < -0.39 is 0 Å². The summed E-state index contributed by atoms with van der Waals surface area (Å²) in [5, 5.41) is 3.81. The molecule has 1 aromatic carbocycles. The Morgan fingerprint density at radius 2 is 2.31 bits per heavy atom. The molecule has 1 N–H and O–H groups in total. The van der Waals surface area contributed by atoms with Crippen LogP contribution in [0.4, 0.5) is 0 Å². The molecule has 1 aromatic rings. The maximum atomic E-state index is 5.91. The van der Waals surface area contributed by atoms with Gasteiger partial charge in [0.1, 0.15) is 0 Å². The highest BCUT2D eigenvalue weighted by atomic mass is 79.9. The Hall–Kier alpha value is -0.490. The van der Waals surface area contributed by atoms with Gasteiger partial charge in [0.05, 0.1) is 11.6 Å². The first-order valence-electron chi connectivity index (χ1n) is 3.82. The van der Waals surface area contributed by atoms with Gasteiger partial charge in [-0.25, -0.2) is 0 Å². The standard InChI is InChI=1S/C10H9BrClN/c1-2-5-13-7-8-3-4-9(11)10(12)6-8/h1,3-4,6,13H,5,7H2. The van der Waals surface area contributed by atoms with Gasteiger partial charge in [0.2, 0.25) is 0 Å². The highest BCUT2D eigenvalue weighted by Crippen LogP contribution is 2.22. The van der Waals surface area contributed by atoms with Crippen molar-refractivity contribution in [3.8, 4) is 12.3 Å². The molecule has 1 nitrogen and oxygen atoms in total. The SMILES string of the molecule is C#CCNCc1ccc(Br)c(Cl)c1. The Morgan fingerprint density at radius 3 is 2.92 bits per heavy atom. The van der Waals surface area contributed by atoms with Gasteiger partial charge in [-0.05, 0) is 33.6 Å². The summed E-state index contributed by atoms with van der Waals surface area (Å²) in [5.74, 6) is 2.51. The van der Waals surface area contributed by atoms with Gasteiger partial charge in [-0.2, -0.15) is 0 Å². The molecule has 1 rings (SSSR count). The maximum absolute atomic E-state index is 5.91.